The molecule has 0 aliphatic carbocycles. The van der Waals surface area contributed by atoms with Gasteiger partial charge in [-0.3, -0.25) is 9.09 Å². The van der Waals surface area contributed by atoms with Crippen LogP contribution in [0.15, 0.2) is 0 Å². The molecule has 0 heterocycles. The molecule has 0 radical (unpaired) electrons. The highest BCUT2D eigenvalue weighted by Gasteiger charge is 2.73. The van der Waals surface area contributed by atoms with Crippen LogP contribution in [0.5, 0.6) is 0 Å². The van der Waals surface area contributed by atoms with Crippen LogP contribution in [0.25, 0.3) is 0 Å². The van der Waals surface area contributed by atoms with E-state index in [1.807, 2.05) is 0 Å². The van der Waals surface area contributed by atoms with Gasteiger partial charge in [-0.1, -0.05) is 32.6 Å². The van der Waals surface area contributed by atoms with Crippen LogP contribution in [0.3, 0.4) is 0 Å². The Morgan fingerprint density at radius 3 is 1.81 bits per heavy atom. The highest BCUT2D eigenvalue weighted by atomic mass is 31.2. The largest absolute Gasteiger partial charge is 0.459 e. The third kappa shape index (κ3) is 8.15. The maximum Gasteiger partial charge on any atom is 0.459 e. The molecule has 0 spiro atoms. The van der Waals surface area contributed by atoms with Crippen molar-refractivity contribution in [3.63, 3.8) is 0 Å². The summed E-state index contributed by atoms with van der Waals surface area (Å²) in [6, 6.07) is 0. The molecule has 0 fully saturated rings. The lowest BCUT2D eigenvalue weighted by atomic mass is 10.1. The van der Waals surface area contributed by atoms with E-state index in [1.54, 1.807) is 6.92 Å². The zero-order chi connectivity index (χ0) is 21.7. The van der Waals surface area contributed by atoms with Gasteiger partial charge >= 0.3 is 31.8 Å². The van der Waals surface area contributed by atoms with Gasteiger partial charge in [0.1, 0.15) is 6.61 Å². The zero-order valence-electron chi connectivity index (χ0n) is 14.3. The lowest BCUT2D eigenvalue weighted by Gasteiger charge is -2.29. The third-order valence-corrected chi connectivity index (χ3v) is 4.53. The molecule has 3 nitrogen and oxygen atoms in total. The van der Waals surface area contributed by atoms with Gasteiger partial charge in [-0.15, -0.1) is 0 Å². The number of halogens is 10. The Morgan fingerprint density at radius 2 is 1.41 bits per heavy atom. The Kier molecular flexibility index (Phi) is 9.11. The fourth-order valence-electron chi connectivity index (χ4n) is 1.79. The predicted molar refractivity (Wildman–Crippen MR) is 75.1 cm³/mol. The molecular weight excluding hydrogens is 425 g/mol. The van der Waals surface area contributed by atoms with Crippen molar-refractivity contribution in [2.24, 2.45) is 0 Å². The van der Waals surface area contributed by atoms with Crippen molar-refractivity contribution in [1.29, 1.82) is 0 Å². The van der Waals surface area contributed by atoms with Gasteiger partial charge in [-0.05, 0) is 6.42 Å². The van der Waals surface area contributed by atoms with Gasteiger partial charge in [-0.2, -0.15) is 43.9 Å². The number of alkyl halides is 10. The van der Waals surface area contributed by atoms with Gasteiger partial charge in [0.2, 0.25) is 0 Å². The van der Waals surface area contributed by atoms with Crippen molar-refractivity contribution in [3.05, 3.63) is 0 Å². The van der Waals surface area contributed by atoms with E-state index in [4.69, 9.17) is 0 Å². The molecule has 0 N–H and O–H groups in total. The van der Waals surface area contributed by atoms with E-state index in [0.29, 0.717) is 19.3 Å². The fraction of sp³-hybridized carbons (Fsp3) is 1.00. The van der Waals surface area contributed by atoms with Crippen LogP contribution in [-0.2, 0) is 13.6 Å². The Bertz CT molecular complexity index is 504. The first kappa shape index (κ1) is 26.4. The number of hydrogen-bond acceptors (Lipinski definition) is 3. The van der Waals surface area contributed by atoms with Crippen molar-refractivity contribution >= 4 is 7.60 Å². The summed E-state index contributed by atoms with van der Waals surface area (Å²) >= 11 is 0. The Morgan fingerprint density at radius 1 is 0.889 bits per heavy atom. The maximum absolute atomic E-state index is 13.1. The zero-order valence-corrected chi connectivity index (χ0v) is 15.2. The van der Waals surface area contributed by atoms with Crippen LogP contribution in [0.2, 0.25) is 0 Å². The normalized spacial score (nSPS) is 17.6. The third-order valence-electron chi connectivity index (χ3n) is 3.30. The summed E-state index contributed by atoms with van der Waals surface area (Å²) < 4.78 is 146. The van der Waals surface area contributed by atoms with E-state index in [9.17, 15) is 48.5 Å². The average Bonchev–Trinajstić information content (AvgIpc) is 2.46. The van der Waals surface area contributed by atoms with Crippen LogP contribution in [0, 0.1) is 0 Å². The van der Waals surface area contributed by atoms with E-state index in [2.05, 4.69) is 9.05 Å². The second kappa shape index (κ2) is 9.30. The highest BCUT2D eigenvalue weighted by molar-refractivity contribution is 7.53. The second-order valence-electron chi connectivity index (χ2n) is 5.81. The smallest absolute Gasteiger partial charge is 0.302 e. The molecule has 0 aromatic heterocycles. The first-order valence-corrected chi connectivity index (χ1v) is 9.66. The van der Waals surface area contributed by atoms with E-state index >= 15 is 0 Å². The van der Waals surface area contributed by atoms with Crippen LogP contribution < -0.4 is 0 Å². The van der Waals surface area contributed by atoms with Gasteiger partial charge in [0.05, 0.1) is 0 Å². The molecule has 164 valence electrons. The van der Waals surface area contributed by atoms with Crippen molar-refractivity contribution in [1.82, 2.24) is 0 Å². The molecule has 0 saturated heterocycles. The van der Waals surface area contributed by atoms with Gasteiger partial charge in [0.15, 0.2) is 6.10 Å². The molecular formula is C13H19F10O3P. The van der Waals surface area contributed by atoms with Crippen molar-refractivity contribution in [3.8, 4) is 0 Å². The van der Waals surface area contributed by atoms with E-state index in [-0.39, 0.29) is 13.1 Å². The maximum atomic E-state index is 13.1. The minimum absolute atomic E-state index is 0.0275. The molecule has 0 aromatic rings. The molecule has 0 saturated carbocycles. The molecule has 2 atom stereocenters. The fourth-order valence-corrected chi connectivity index (χ4v) is 2.94. The Balaban J connectivity index is 5.04. The molecule has 0 bridgehead atoms. The van der Waals surface area contributed by atoms with Crippen LogP contribution in [0.1, 0.15) is 39.0 Å². The van der Waals surface area contributed by atoms with E-state index in [0.717, 1.165) is 0 Å². The van der Waals surface area contributed by atoms with Crippen molar-refractivity contribution in [2.45, 2.75) is 69.3 Å². The minimum Gasteiger partial charge on any atom is -0.302 e. The number of rotatable bonds is 11. The molecule has 14 heteroatoms. The van der Waals surface area contributed by atoms with Crippen molar-refractivity contribution in [2.75, 3.05) is 13.3 Å². The molecule has 0 amide bonds. The first-order valence-electron chi connectivity index (χ1n) is 7.67. The molecule has 0 aromatic carbocycles. The van der Waals surface area contributed by atoms with Crippen LogP contribution >= 0.6 is 7.60 Å². The topological polar surface area (TPSA) is 35.5 Å². The van der Waals surface area contributed by atoms with E-state index in [1.165, 1.54) is 0 Å². The summed E-state index contributed by atoms with van der Waals surface area (Å²) in [5, 5.41) is 0. The standard InChI is InChI=1S/C13H19F10O3P/c1-3-4-5-6-7-9(11(16,17)18)26-27(2,24)25-8-10(14,15)12(19,20)13(21,22)23/h9H,3-8H2,1-2H3. The Labute approximate surface area is 148 Å². The monoisotopic (exact) mass is 444 g/mol. The molecule has 27 heavy (non-hydrogen) atoms. The highest BCUT2D eigenvalue weighted by Crippen LogP contribution is 2.52. The average molecular weight is 444 g/mol. The van der Waals surface area contributed by atoms with Gasteiger partial charge in [0, 0.05) is 6.66 Å². The first-order chi connectivity index (χ1) is 11.9. The molecule has 0 aliphatic heterocycles. The van der Waals surface area contributed by atoms with Crippen LogP contribution in [0.4, 0.5) is 43.9 Å². The lowest BCUT2D eigenvalue weighted by Crippen LogP contribution is -2.54. The Hall–Kier alpha value is -0.550. The van der Waals surface area contributed by atoms with Crippen molar-refractivity contribution < 1.29 is 57.5 Å². The second-order valence-corrected chi connectivity index (χ2v) is 7.82. The summed E-state index contributed by atoms with van der Waals surface area (Å²) in [6.07, 6.45) is -13.5. The molecule has 0 rings (SSSR count). The summed E-state index contributed by atoms with van der Waals surface area (Å²) in [6.45, 7) is -0.685. The predicted octanol–water partition coefficient (Wildman–Crippen LogP) is 6.58. The van der Waals surface area contributed by atoms with Gasteiger partial charge in [0.25, 0.3) is 0 Å². The lowest BCUT2D eigenvalue weighted by molar-refractivity contribution is -0.358. The number of unbranched alkanes of at least 4 members (excludes halogenated alkanes) is 3. The number of hydrogen-bond donors (Lipinski definition) is 0. The van der Waals surface area contributed by atoms with Crippen LogP contribution in [-0.4, -0.2) is 43.6 Å². The summed E-state index contributed by atoms with van der Waals surface area (Å²) in [7, 11) is -5.02. The van der Waals surface area contributed by atoms with Gasteiger partial charge in [-0.25, -0.2) is 0 Å². The van der Waals surface area contributed by atoms with Gasteiger partial charge < -0.3 is 4.52 Å². The quantitative estimate of drug-likeness (QED) is 0.205. The molecule has 0 aliphatic rings. The summed E-state index contributed by atoms with van der Waals surface area (Å²) in [4.78, 5) is 0. The SMILES string of the molecule is CCCCCCC(OP(C)(=O)OCC(F)(F)C(F)(F)C(F)(F)F)C(F)(F)F. The van der Waals surface area contributed by atoms with E-state index < -0.39 is 50.9 Å². The summed E-state index contributed by atoms with van der Waals surface area (Å²) in [5.41, 5.74) is 0. The summed E-state index contributed by atoms with van der Waals surface area (Å²) in [5.74, 6) is -12.4. The minimum atomic E-state index is -6.65. The molecule has 2 unspecified atom stereocenters.